The molecule has 0 aliphatic heterocycles. The van der Waals surface area contributed by atoms with Crippen molar-refractivity contribution < 1.29 is 14.4 Å². The summed E-state index contributed by atoms with van der Waals surface area (Å²) in [6.45, 7) is 0. The van der Waals surface area contributed by atoms with Crippen LogP contribution in [0.1, 0.15) is 15.9 Å². The number of hydrogen-bond donors (Lipinski definition) is 1. The molecule has 22 heavy (non-hydrogen) atoms. The second-order valence-corrected chi connectivity index (χ2v) is 5.59. The Labute approximate surface area is 142 Å². The molecule has 0 amide bonds. The minimum atomic E-state index is -0.534. The van der Waals surface area contributed by atoms with Crippen LogP contribution in [0, 0.1) is 3.57 Å². The van der Waals surface area contributed by atoms with Gasteiger partial charge in [-0.25, -0.2) is 4.79 Å². The van der Waals surface area contributed by atoms with Crippen molar-refractivity contribution in [3.8, 4) is 5.75 Å². The van der Waals surface area contributed by atoms with Crippen molar-refractivity contribution in [1.82, 2.24) is 0 Å². The van der Waals surface area contributed by atoms with E-state index in [9.17, 15) is 4.79 Å². The quantitative estimate of drug-likeness (QED) is 0.271. The lowest BCUT2D eigenvalue weighted by Crippen LogP contribution is -2.17. The number of amidine groups is 1. The fourth-order valence-corrected chi connectivity index (χ4v) is 2.46. The molecule has 0 atom stereocenters. The Morgan fingerprint density at radius 1 is 1.18 bits per heavy atom. The van der Waals surface area contributed by atoms with Gasteiger partial charge in [-0.3, -0.25) is 0 Å². The third-order valence-corrected chi connectivity index (χ3v) is 3.84. The highest BCUT2D eigenvalue weighted by Gasteiger charge is 2.11. The largest absolute Gasteiger partial charge is 0.496 e. The van der Waals surface area contributed by atoms with E-state index in [2.05, 4.69) is 27.7 Å². The molecule has 0 aliphatic rings. The van der Waals surface area contributed by atoms with Crippen molar-refractivity contribution in [3.05, 3.63) is 63.2 Å². The standard InChI is InChI=1S/C16H15IN2O3/c1-21-14-9-5-2-6-11(14)10-15(18)19-22-16(20)12-7-3-4-8-13(12)17/h2-9H,10H2,1H3,(H2,18,19). The number of carbonyl (C=O) groups is 1. The van der Waals surface area contributed by atoms with E-state index in [1.54, 1.807) is 19.2 Å². The zero-order chi connectivity index (χ0) is 15.9. The van der Waals surface area contributed by atoms with Crippen LogP contribution < -0.4 is 10.5 Å². The van der Waals surface area contributed by atoms with Crippen LogP contribution in [-0.4, -0.2) is 18.9 Å². The van der Waals surface area contributed by atoms with Crippen LogP contribution in [0.5, 0.6) is 5.75 Å². The van der Waals surface area contributed by atoms with Gasteiger partial charge in [0.1, 0.15) is 11.6 Å². The molecule has 2 aromatic rings. The normalized spacial score (nSPS) is 11.1. The van der Waals surface area contributed by atoms with E-state index in [1.165, 1.54) is 0 Å². The van der Waals surface area contributed by atoms with Crippen molar-refractivity contribution in [2.75, 3.05) is 7.11 Å². The molecule has 114 valence electrons. The molecule has 0 heterocycles. The van der Waals surface area contributed by atoms with Crippen molar-refractivity contribution in [1.29, 1.82) is 0 Å². The minimum Gasteiger partial charge on any atom is -0.496 e. The van der Waals surface area contributed by atoms with Crippen LogP contribution in [0.3, 0.4) is 0 Å². The highest BCUT2D eigenvalue weighted by molar-refractivity contribution is 14.1. The molecule has 0 bridgehead atoms. The minimum absolute atomic E-state index is 0.198. The van der Waals surface area contributed by atoms with Crippen molar-refractivity contribution in [2.24, 2.45) is 10.9 Å². The molecule has 5 nitrogen and oxygen atoms in total. The highest BCUT2D eigenvalue weighted by Crippen LogP contribution is 2.18. The van der Waals surface area contributed by atoms with Crippen LogP contribution in [0.4, 0.5) is 0 Å². The topological polar surface area (TPSA) is 73.9 Å². The van der Waals surface area contributed by atoms with Gasteiger partial charge in [0, 0.05) is 15.6 Å². The van der Waals surface area contributed by atoms with Crippen LogP contribution in [0.25, 0.3) is 0 Å². The number of oxime groups is 1. The zero-order valence-electron chi connectivity index (χ0n) is 12.0. The monoisotopic (exact) mass is 410 g/mol. The summed E-state index contributed by atoms with van der Waals surface area (Å²) < 4.78 is 6.03. The number of carbonyl (C=O) groups excluding carboxylic acids is 1. The first-order chi connectivity index (χ1) is 10.6. The van der Waals surface area contributed by atoms with E-state index < -0.39 is 5.97 Å². The Hall–Kier alpha value is -2.09. The number of nitrogens with two attached hydrogens (primary N) is 1. The Morgan fingerprint density at radius 2 is 1.86 bits per heavy atom. The SMILES string of the molecule is COc1ccccc1C/C(N)=N\OC(=O)c1ccccc1I. The molecule has 0 unspecified atom stereocenters. The number of para-hydroxylation sites is 1. The third-order valence-electron chi connectivity index (χ3n) is 2.90. The molecule has 2 aromatic carbocycles. The maximum absolute atomic E-state index is 11.9. The van der Waals surface area contributed by atoms with Crippen LogP contribution in [0.2, 0.25) is 0 Å². The molecule has 0 aromatic heterocycles. The number of ether oxygens (including phenoxy) is 1. The predicted molar refractivity (Wildman–Crippen MR) is 92.9 cm³/mol. The van der Waals surface area contributed by atoms with E-state index in [0.29, 0.717) is 17.7 Å². The number of benzene rings is 2. The summed E-state index contributed by atoms with van der Waals surface area (Å²) in [5.74, 6) is 0.376. The van der Waals surface area contributed by atoms with E-state index in [4.69, 9.17) is 15.3 Å². The van der Waals surface area contributed by atoms with E-state index in [1.807, 2.05) is 36.4 Å². The molecule has 2 rings (SSSR count). The summed E-state index contributed by atoms with van der Waals surface area (Å²) in [6, 6.07) is 14.6. The van der Waals surface area contributed by atoms with Gasteiger partial charge in [0.05, 0.1) is 12.7 Å². The summed E-state index contributed by atoms with van der Waals surface area (Å²) in [4.78, 5) is 16.8. The third kappa shape index (κ3) is 4.20. The molecule has 6 heteroatoms. The number of methoxy groups -OCH3 is 1. The fraction of sp³-hybridized carbons (Fsp3) is 0.125. The molecule has 0 radical (unpaired) electrons. The van der Waals surface area contributed by atoms with Crippen molar-refractivity contribution in [3.63, 3.8) is 0 Å². The van der Waals surface area contributed by atoms with Gasteiger partial charge in [0.25, 0.3) is 0 Å². The van der Waals surface area contributed by atoms with Crippen LogP contribution >= 0.6 is 22.6 Å². The Morgan fingerprint density at radius 3 is 2.59 bits per heavy atom. The molecule has 0 saturated heterocycles. The van der Waals surface area contributed by atoms with E-state index in [-0.39, 0.29) is 5.84 Å². The number of hydrogen-bond acceptors (Lipinski definition) is 4. The first-order valence-corrected chi connectivity index (χ1v) is 7.60. The molecule has 0 spiro atoms. The van der Waals surface area contributed by atoms with E-state index >= 15 is 0 Å². The maximum Gasteiger partial charge on any atom is 0.366 e. The average molecular weight is 410 g/mol. The van der Waals surface area contributed by atoms with Gasteiger partial charge in [-0.1, -0.05) is 35.5 Å². The van der Waals surface area contributed by atoms with Crippen molar-refractivity contribution in [2.45, 2.75) is 6.42 Å². The Balaban J connectivity index is 2.04. The molecule has 0 fully saturated rings. The van der Waals surface area contributed by atoms with Gasteiger partial charge >= 0.3 is 5.97 Å². The van der Waals surface area contributed by atoms with Gasteiger partial charge in [0.15, 0.2) is 0 Å². The summed E-state index contributed by atoms with van der Waals surface area (Å²) in [7, 11) is 1.59. The molecule has 2 N–H and O–H groups in total. The molecular weight excluding hydrogens is 395 g/mol. The zero-order valence-corrected chi connectivity index (χ0v) is 14.1. The summed E-state index contributed by atoms with van der Waals surface area (Å²) >= 11 is 2.06. The van der Waals surface area contributed by atoms with E-state index in [0.717, 1.165) is 9.13 Å². The maximum atomic E-state index is 11.9. The van der Waals surface area contributed by atoms with Crippen molar-refractivity contribution >= 4 is 34.4 Å². The molecule has 0 aliphatic carbocycles. The van der Waals surface area contributed by atoms with Gasteiger partial charge in [0.2, 0.25) is 0 Å². The first-order valence-electron chi connectivity index (χ1n) is 6.52. The lowest BCUT2D eigenvalue weighted by molar-refractivity contribution is 0.0513. The number of halogens is 1. The second-order valence-electron chi connectivity index (χ2n) is 4.43. The molecule has 0 saturated carbocycles. The van der Waals surface area contributed by atoms with Crippen LogP contribution in [0.15, 0.2) is 53.7 Å². The lowest BCUT2D eigenvalue weighted by atomic mass is 10.1. The summed E-state index contributed by atoms with van der Waals surface area (Å²) in [5, 5.41) is 3.70. The summed E-state index contributed by atoms with van der Waals surface area (Å²) in [5.41, 5.74) is 7.14. The van der Waals surface area contributed by atoms with Gasteiger partial charge in [-0.15, -0.1) is 0 Å². The Bertz CT molecular complexity index is 701. The van der Waals surface area contributed by atoms with Gasteiger partial charge in [-0.05, 0) is 40.8 Å². The average Bonchev–Trinajstić information content (AvgIpc) is 2.53. The molecular formula is C16H15IN2O3. The van der Waals surface area contributed by atoms with Gasteiger partial charge < -0.3 is 15.3 Å². The predicted octanol–water partition coefficient (Wildman–Crippen LogP) is 2.97. The van der Waals surface area contributed by atoms with Gasteiger partial charge in [-0.2, -0.15) is 0 Å². The summed E-state index contributed by atoms with van der Waals surface area (Å²) in [6.07, 6.45) is 0.336. The number of rotatable bonds is 5. The number of nitrogens with zero attached hydrogens (tertiary/aromatic N) is 1. The first kappa shape index (κ1) is 16.3. The highest BCUT2D eigenvalue weighted by atomic mass is 127. The smallest absolute Gasteiger partial charge is 0.366 e. The van der Waals surface area contributed by atoms with Crippen LogP contribution in [-0.2, 0) is 11.3 Å². The lowest BCUT2D eigenvalue weighted by Gasteiger charge is -2.07. The Kier molecular flexibility index (Phi) is 5.76. The fourth-order valence-electron chi connectivity index (χ4n) is 1.85. The second kappa shape index (κ2) is 7.79.